The largest absolute Gasteiger partial charge is 0.478 e. The molecule has 1 aliphatic rings. The number of carboxylic acids is 1. The van der Waals surface area contributed by atoms with Gasteiger partial charge < -0.3 is 10.0 Å². The number of benzene rings is 1. The molecule has 0 unspecified atom stereocenters. The highest BCUT2D eigenvalue weighted by Gasteiger charge is 2.26. The maximum atomic E-state index is 12.6. The summed E-state index contributed by atoms with van der Waals surface area (Å²) in [6.45, 7) is 3.07. The number of nitrogens with zero attached hydrogens (tertiary/aromatic N) is 1. The van der Waals surface area contributed by atoms with Gasteiger partial charge in [0, 0.05) is 13.1 Å². The van der Waals surface area contributed by atoms with E-state index in [-0.39, 0.29) is 11.5 Å². The minimum absolute atomic E-state index is 0.0370. The molecule has 0 saturated heterocycles. The van der Waals surface area contributed by atoms with Crippen molar-refractivity contribution in [3.05, 3.63) is 56.8 Å². The number of carboxylic acid groups (broad SMARTS) is 1. The van der Waals surface area contributed by atoms with Gasteiger partial charge in [0.15, 0.2) is 0 Å². The molecule has 21 heavy (non-hydrogen) atoms. The molecule has 0 fully saturated rings. The van der Waals surface area contributed by atoms with Crippen molar-refractivity contribution in [2.75, 3.05) is 0 Å². The molecule has 1 aromatic heterocycles. The minimum atomic E-state index is -0.936. The molecular weight excluding hydrogens is 286 g/mol. The monoisotopic (exact) mass is 301 g/mol. The van der Waals surface area contributed by atoms with Crippen molar-refractivity contribution in [2.24, 2.45) is 0 Å². The van der Waals surface area contributed by atoms with Crippen molar-refractivity contribution < 1.29 is 14.7 Å². The van der Waals surface area contributed by atoms with E-state index >= 15 is 0 Å². The Kier molecular flexibility index (Phi) is 3.51. The van der Waals surface area contributed by atoms with Crippen LogP contribution in [-0.2, 0) is 19.5 Å². The van der Waals surface area contributed by atoms with Crippen molar-refractivity contribution in [2.45, 2.75) is 26.4 Å². The van der Waals surface area contributed by atoms with E-state index in [2.05, 4.69) is 0 Å². The lowest BCUT2D eigenvalue weighted by Crippen LogP contribution is -2.25. The summed E-state index contributed by atoms with van der Waals surface area (Å²) < 4.78 is 0. The topological polar surface area (TPSA) is 57.6 Å². The van der Waals surface area contributed by atoms with Crippen LogP contribution in [0, 0.1) is 0 Å². The van der Waals surface area contributed by atoms with Crippen molar-refractivity contribution >= 4 is 23.2 Å². The summed E-state index contributed by atoms with van der Waals surface area (Å²) >= 11 is 1.47. The second-order valence-electron chi connectivity index (χ2n) is 5.08. The van der Waals surface area contributed by atoms with Gasteiger partial charge in [-0.3, -0.25) is 4.79 Å². The molecule has 1 N–H and O–H groups in total. The van der Waals surface area contributed by atoms with Gasteiger partial charge in [0.2, 0.25) is 0 Å². The van der Waals surface area contributed by atoms with E-state index in [9.17, 15) is 9.59 Å². The second-order valence-corrected chi connectivity index (χ2v) is 5.99. The molecule has 108 valence electrons. The van der Waals surface area contributed by atoms with Gasteiger partial charge in [-0.15, -0.1) is 11.3 Å². The predicted octanol–water partition coefficient (Wildman–Crippen LogP) is 3.16. The standard InChI is InChI=1S/C16H15NO3S/c1-2-10-5-6-21-14(10)15(18)17-8-12-4-3-11(16(19)20)7-13(12)9-17/h3-7H,2,8-9H2,1H3,(H,19,20). The van der Waals surface area contributed by atoms with Crippen LogP contribution in [-0.4, -0.2) is 21.9 Å². The zero-order valence-corrected chi connectivity index (χ0v) is 12.4. The van der Waals surface area contributed by atoms with E-state index in [0.29, 0.717) is 13.1 Å². The number of hydrogen-bond donors (Lipinski definition) is 1. The van der Waals surface area contributed by atoms with Gasteiger partial charge in [-0.1, -0.05) is 13.0 Å². The highest BCUT2D eigenvalue weighted by molar-refractivity contribution is 7.12. The van der Waals surface area contributed by atoms with Crippen LogP contribution in [0.15, 0.2) is 29.6 Å². The maximum absolute atomic E-state index is 12.6. The summed E-state index contributed by atoms with van der Waals surface area (Å²) in [4.78, 5) is 26.2. The van der Waals surface area contributed by atoms with Gasteiger partial charge in [-0.05, 0) is 46.7 Å². The van der Waals surface area contributed by atoms with Crippen LogP contribution < -0.4 is 0 Å². The smallest absolute Gasteiger partial charge is 0.335 e. The predicted molar refractivity (Wildman–Crippen MR) is 80.7 cm³/mol. The third-order valence-electron chi connectivity index (χ3n) is 3.78. The van der Waals surface area contributed by atoms with Crippen molar-refractivity contribution in [3.8, 4) is 0 Å². The van der Waals surface area contributed by atoms with Crippen LogP contribution in [0.4, 0.5) is 0 Å². The number of hydrogen-bond acceptors (Lipinski definition) is 3. The first kappa shape index (κ1) is 13.8. The van der Waals surface area contributed by atoms with E-state index in [1.807, 2.05) is 18.4 Å². The highest BCUT2D eigenvalue weighted by Crippen LogP contribution is 2.28. The van der Waals surface area contributed by atoms with E-state index in [1.54, 1.807) is 23.1 Å². The number of aryl methyl sites for hydroxylation is 1. The molecular formula is C16H15NO3S. The van der Waals surface area contributed by atoms with Crippen molar-refractivity contribution in [1.29, 1.82) is 0 Å². The molecule has 0 saturated carbocycles. The molecule has 0 aliphatic carbocycles. The Balaban J connectivity index is 1.84. The molecule has 5 heteroatoms. The van der Waals surface area contributed by atoms with Crippen LogP contribution in [0.5, 0.6) is 0 Å². The quantitative estimate of drug-likeness (QED) is 0.947. The Bertz CT molecular complexity index is 720. The minimum Gasteiger partial charge on any atom is -0.478 e. The fourth-order valence-corrected chi connectivity index (χ4v) is 3.58. The number of thiophene rings is 1. The van der Waals surface area contributed by atoms with Gasteiger partial charge in [-0.25, -0.2) is 4.79 Å². The average molecular weight is 301 g/mol. The van der Waals surface area contributed by atoms with E-state index in [4.69, 9.17) is 5.11 Å². The summed E-state index contributed by atoms with van der Waals surface area (Å²) in [6, 6.07) is 7.06. The lowest BCUT2D eigenvalue weighted by molar-refractivity contribution is 0.0696. The molecule has 1 amide bonds. The lowest BCUT2D eigenvalue weighted by atomic mass is 10.1. The number of amides is 1. The fraction of sp³-hybridized carbons (Fsp3) is 0.250. The lowest BCUT2D eigenvalue weighted by Gasteiger charge is -2.15. The normalized spacial score (nSPS) is 13.3. The van der Waals surface area contributed by atoms with Crippen molar-refractivity contribution in [1.82, 2.24) is 4.90 Å². The number of rotatable bonds is 3. The summed E-state index contributed by atoms with van der Waals surface area (Å²) in [5.41, 5.74) is 3.31. The number of aromatic carboxylic acids is 1. The Morgan fingerprint density at radius 2 is 2.00 bits per heavy atom. The first-order chi connectivity index (χ1) is 10.1. The van der Waals surface area contributed by atoms with Crippen LogP contribution in [0.25, 0.3) is 0 Å². The fourth-order valence-electron chi connectivity index (χ4n) is 2.62. The van der Waals surface area contributed by atoms with Gasteiger partial charge in [0.05, 0.1) is 10.4 Å². The van der Waals surface area contributed by atoms with Crippen LogP contribution in [0.1, 0.15) is 43.6 Å². The SMILES string of the molecule is CCc1ccsc1C(=O)N1Cc2ccc(C(=O)O)cc2C1. The number of carbonyl (C=O) groups is 2. The molecule has 4 nitrogen and oxygen atoms in total. The summed E-state index contributed by atoms with van der Waals surface area (Å²) in [5, 5.41) is 11.0. The first-order valence-corrected chi connectivity index (χ1v) is 7.69. The number of fused-ring (bicyclic) bond motifs is 1. The van der Waals surface area contributed by atoms with Gasteiger partial charge in [0.25, 0.3) is 5.91 Å². The molecule has 1 aliphatic heterocycles. The third-order valence-corrected chi connectivity index (χ3v) is 4.73. The Morgan fingerprint density at radius 1 is 1.24 bits per heavy atom. The van der Waals surface area contributed by atoms with Gasteiger partial charge in [-0.2, -0.15) is 0 Å². The highest BCUT2D eigenvalue weighted by atomic mass is 32.1. The molecule has 1 aromatic carbocycles. The first-order valence-electron chi connectivity index (χ1n) is 6.81. The molecule has 0 radical (unpaired) electrons. The Labute approximate surface area is 126 Å². The molecule has 0 bridgehead atoms. The molecule has 2 aromatic rings. The summed E-state index contributed by atoms with van der Waals surface area (Å²) in [5.74, 6) is -0.899. The molecule has 2 heterocycles. The zero-order chi connectivity index (χ0) is 15.0. The molecule has 3 rings (SSSR count). The second kappa shape index (κ2) is 5.33. The molecule has 0 spiro atoms. The Morgan fingerprint density at radius 3 is 2.71 bits per heavy atom. The molecule has 0 atom stereocenters. The van der Waals surface area contributed by atoms with Gasteiger partial charge in [0.1, 0.15) is 0 Å². The maximum Gasteiger partial charge on any atom is 0.335 e. The van der Waals surface area contributed by atoms with Crippen LogP contribution in [0.2, 0.25) is 0 Å². The average Bonchev–Trinajstić information content (AvgIpc) is 3.11. The van der Waals surface area contributed by atoms with E-state index in [0.717, 1.165) is 28.0 Å². The summed E-state index contributed by atoms with van der Waals surface area (Å²) in [7, 11) is 0. The van der Waals surface area contributed by atoms with E-state index < -0.39 is 5.97 Å². The Hall–Kier alpha value is -2.14. The van der Waals surface area contributed by atoms with Crippen LogP contribution in [0.3, 0.4) is 0 Å². The van der Waals surface area contributed by atoms with Crippen LogP contribution >= 0.6 is 11.3 Å². The third kappa shape index (κ3) is 2.45. The van der Waals surface area contributed by atoms with E-state index in [1.165, 1.54) is 11.3 Å². The van der Waals surface area contributed by atoms with Crippen molar-refractivity contribution in [3.63, 3.8) is 0 Å². The number of carbonyl (C=O) groups excluding carboxylic acids is 1. The van der Waals surface area contributed by atoms with Gasteiger partial charge >= 0.3 is 5.97 Å². The summed E-state index contributed by atoms with van der Waals surface area (Å²) in [6.07, 6.45) is 0.842. The zero-order valence-electron chi connectivity index (χ0n) is 11.6.